The number of nitrogen functional groups attached to an aromatic ring is 2. The van der Waals surface area contributed by atoms with Gasteiger partial charge in [0.25, 0.3) is 0 Å². The summed E-state index contributed by atoms with van der Waals surface area (Å²) in [5, 5.41) is 8.14. The van der Waals surface area contributed by atoms with Crippen molar-refractivity contribution in [1.29, 1.82) is 5.41 Å². The van der Waals surface area contributed by atoms with E-state index in [2.05, 4.69) is 0 Å². The van der Waals surface area contributed by atoms with Gasteiger partial charge in [0, 0.05) is 22.6 Å². The second-order valence-corrected chi connectivity index (χ2v) is 5.03. The molecule has 0 heterocycles. The van der Waals surface area contributed by atoms with Gasteiger partial charge in [0.1, 0.15) is 11.5 Å². The molecule has 0 fully saturated rings. The molecule has 0 atom stereocenters. The highest BCUT2D eigenvalue weighted by Gasteiger charge is 2.10. The largest absolute Gasteiger partial charge is 0.456 e. The highest BCUT2D eigenvalue weighted by Crippen LogP contribution is 2.35. The minimum atomic E-state index is 0.382. The smallest absolute Gasteiger partial charge is 0.149 e. The number of benzene rings is 2. The van der Waals surface area contributed by atoms with E-state index in [-0.39, 0.29) is 0 Å². The zero-order valence-corrected chi connectivity index (χ0v) is 12.1. The Bertz CT molecular complexity index is 660. The highest BCUT2D eigenvalue weighted by molar-refractivity contribution is 6.32. The van der Waals surface area contributed by atoms with Crippen molar-refractivity contribution < 1.29 is 4.74 Å². The maximum Gasteiger partial charge on any atom is 0.149 e. The van der Waals surface area contributed by atoms with E-state index in [0.717, 1.165) is 5.56 Å². The molecule has 104 valence electrons. The molecule has 20 heavy (non-hydrogen) atoms. The average Bonchev–Trinajstić information content (AvgIpc) is 2.35. The molecule has 0 spiro atoms. The fourth-order valence-electron chi connectivity index (χ4n) is 1.93. The normalized spacial score (nSPS) is 10.3. The second-order valence-electron chi connectivity index (χ2n) is 4.62. The van der Waals surface area contributed by atoms with Crippen LogP contribution in [-0.2, 0) is 0 Å². The lowest BCUT2D eigenvalue weighted by Gasteiger charge is -2.13. The van der Waals surface area contributed by atoms with E-state index in [4.69, 9.17) is 33.2 Å². The van der Waals surface area contributed by atoms with E-state index < -0.39 is 0 Å². The van der Waals surface area contributed by atoms with Crippen LogP contribution in [0.5, 0.6) is 11.5 Å². The number of nitrogens with two attached hydrogens (primary N) is 2. The predicted molar refractivity (Wildman–Crippen MR) is 84.0 cm³/mol. The Hall–Kier alpha value is -2.20. The number of hydrogen-bond donors (Lipinski definition) is 3. The number of ether oxygens (including phenoxy) is 1. The zero-order valence-electron chi connectivity index (χ0n) is 11.3. The Morgan fingerprint density at radius 1 is 1.20 bits per heavy atom. The van der Waals surface area contributed by atoms with Crippen LogP contribution in [0.2, 0.25) is 5.02 Å². The van der Waals surface area contributed by atoms with Crippen molar-refractivity contribution in [3.63, 3.8) is 0 Å². The van der Waals surface area contributed by atoms with E-state index >= 15 is 0 Å². The summed E-state index contributed by atoms with van der Waals surface area (Å²) in [6.45, 7) is 3.55. The lowest BCUT2D eigenvalue weighted by molar-refractivity contribution is 0.479. The Labute approximate surface area is 122 Å². The molecule has 0 amide bonds. The fourth-order valence-corrected chi connectivity index (χ4v) is 2.24. The van der Waals surface area contributed by atoms with Crippen LogP contribution in [0.25, 0.3) is 0 Å². The van der Waals surface area contributed by atoms with Gasteiger partial charge in [-0.05, 0) is 49.7 Å². The molecule has 0 unspecified atom stereocenters. The quantitative estimate of drug-likeness (QED) is 0.590. The summed E-state index contributed by atoms with van der Waals surface area (Å²) < 4.78 is 5.80. The first kappa shape index (κ1) is 14.2. The van der Waals surface area contributed by atoms with Crippen LogP contribution in [0, 0.1) is 12.3 Å². The lowest BCUT2D eigenvalue weighted by atomic mass is 10.1. The molecular weight excluding hydrogens is 274 g/mol. The monoisotopic (exact) mass is 289 g/mol. The van der Waals surface area contributed by atoms with Gasteiger partial charge in [-0.25, -0.2) is 0 Å². The summed E-state index contributed by atoms with van der Waals surface area (Å²) in [6.07, 6.45) is 0. The number of hydrogen-bond acceptors (Lipinski definition) is 4. The molecule has 4 nitrogen and oxygen atoms in total. The minimum absolute atomic E-state index is 0.382. The van der Waals surface area contributed by atoms with Gasteiger partial charge < -0.3 is 21.6 Å². The van der Waals surface area contributed by atoms with Crippen molar-refractivity contribution in [2.75, 3.05) is 11.5 Å². The maximum atomic E-state index is 7.69. The second kappa shape index (κ2) is 5.43. The van der Waals surface area contributed by atoms with E-state index in [0.29, 0.717) is 39.2 Å². The predicted octanol–water partition coefficient (Wildman–Crippen LogP) is 3.99. The third kappa shape index (κ3) is 2.86. The van der Waals surface area contributed by atoms with Crippen LogP contribution in [0.4, 0.5) is 11.4 Å². The van der Waals surface area contributed by atoms with E-state index in [1.807, 2.05) is 6.92 Å². The Morgan fingerprint density at radius 2 is 1.90 bits per heavy atom. The van der Waals surface area contributed by atoms with Crippen LogP contribution in [-0.4, -0.2) is 5.71 Å². The maximum absolute atomic E-state index is 7.69. The molecule has 0 aromatic heterocycles. The van der Waals surface area contributed by atoms with E-state index in [1.165, 1.54) is 0 Å². The summed E-state index contributed by atoms with van der Waals surface area (Å²) in [6, 6.07) is 8.62. The van der Waals surface area contributed by atoms with Crippen molar-refractivity contribution in [2.24, 2.45) is 0 Å². The summed E-state index contributed by atoms with van der Waals surface area (Å²) in [7, 11) is 0. The third-order valence-corrected chi connectivity index (χ3v) is 3.18. The summed E-state index contributed by atoms with van der Waals surface area (Å²) in [4.78, 5) is 0. The number of halogens is 1. The SMILES string of the molecule is CC(=N)c1cc(Oc2c(C)cc(N)cc2Cl)ccc1N. The van der Waals surface area contributed by atoms with E-state index in [9.17, 15) is 0 Å². The van der Waals surface area contributed by atoms with Gasteiger partial charge in [-0.1, -0.05) is 11.6 Å². The molecule has 5 N–H and O–H groups in total. The van der Waals surface area contributed by atoms with Crippen molar-refractivity contribution >= 4 is 28.7 Å². The molecule has 0 aliphatic rings. The zero-order chi connectivity index (χ0) is 14.9. The van der Waals surface area contributed by atoms with Crippen molar-refractivity contribution in [1.82, 2.24) is 0 Å². The van der Waals surface area contributed by atoms with E-state index in [1.54, 1.807) is 37.3 Å². The molecule has 2 rings (SSSR count). The molecule has 0 saturated carbocycles. The average molecular weight is 290 g/mol. The van der Waals surface area contributed by atoms with Crippen LogP contribution < -0.4 is 16.2 Å². The molecule has 0 bridgehead atoms. The third-order valence-electron chi connectivity index (χ3n) is 2.90. The van der Waals surface area contributed by atoms with Gasteiger partial charge in [-0.2, -0.15) is 0 Å². The molecule has 0 radical (unpaired) electrons. The molecule has 2 aromatic rings. The first-order valence-corrected chi connectivity index (χ1v) is 6.45. The Morgan fingerprint density at radius 3 is 2.50 bits per heavy atom. The Balaban J connectivity index is 2.41. The van der Waals surface area contributed by atoms with Crippen LogP contribution in [0.1, 0.15) is 18.1 Å². The van der Waals surface area contributed by atoms with Gasteiger partial charge in [0.05, 0.1) is 5.02 Å². The summed E-state index contributed by atoms with van der Waals surface area (Å²) in [5.41, 5.74) is 14.6. The van der Waals surface area contributed by atoms with Crippen molar-refractivity contribution in [3.8, 4) is 11.5 Å². The number of nitrogens with one attached hydrogen (secondary N) is 1. The van der Waals surface area contributed by atoms with Crippen molar-refractivity contribution in [2.45, 2.75) is 13.8 Å². The van der Waals surface area contributed by atoms with Gasteiger partial charge >= 0.3 is 0 Å². The van der Waals surface area contributed by atoms with Gasteiger partial charge in [0.15, 0.2) is 0 Å². The summed E-state index contributed by atoms with van der Waals surface area (Å²) >= 11 is 6.15. The number of rotatable bonds is 3. The van der Waals surface area contributed by atoms with Crippen LogP contribution >= 0.6 is 11.6 Å². The highest BCUT2D eigenvalue weighted by atomic mass is 35.5. The lowest BCUT2D eigenvalue weighted by Crippen LogP contribution is -2.00. The molecule has 5 heteroatoms. The molecule has 0 aliphatic carbocycles. The van der Waals surface area contributed by atoms with Gasteiger partial charge in [-0.3, -0.25) is 0 Å². The molecule has 0 saturated heterocycles. The van der Waals surface area contributed by atoms with Gasteiger partial charge in [0.2, 0.25) is 0 Å². The molecule has 2 aromatic carbocycles. The topological polar surface area (TPSA) is 85.1 Å². The fraction of sp³-hybridized carbons (Fsp3) is 0.133. The Kier molecular flexibility index (Phi) is 3.86. The van der Waals surface area contributed by atoms with Gasteiger partial charge in [-0.15, -0.1) is 0 Å². The minimum Gasteiger partial charge on any atom is -0.456 e. The van der Waals surface area contributed by atoms with Crippen molar-refractivity contribution in [3.05, 3.63) is 46.5 Å². The standard InChI is InChI=1S/C15H16ClN3O/c1-8-5-10(18)6-13(16)15(8)20-11-3-4-14(19)12(7-11)9(2)17/h3-7,17H,18-19H2,1-2H3. The molecular formula is C15H16ClN3O. The summed E-state index contributed by atoms with van der Waals surface area (Å²) in [5.74, 6) is 1.13. The van der Waals surface area contributed by atoms with Crippen LogP contribution in [0.15, 0.2) is 30.3 Å². The first-order chi connectivity index (χ1) is 9.38. The first-order valence-electron chi connectivity index (χ1n) is 6.07. The number of anilines is 2. The van der Waals surface area contributed by atoms with Crippen LogP contribution in [0.3, 0.4) is 0 Å². The number of aryl methyl sites for hydroxylation is 1. The molecule has 0 aliphatic heterocycles.